The van der Waals surface area contributed by atoms with E-state index in [-0.39, 0.29) is 0 Å². The summed E-state index contributed by atoms with van der Waals surface area (Å²) in [5.74, 6) is 3.74. The van der Waals surface area contributed by atoms with Crippen LogP contribution in [0.2, 0.25) is 0 Å². The van der Waals surface area contributed by atoms with E-state index >= 15 is 0 Å². The fraction of sp³-hybridized carbons (Fsp3) is 0.500. The number of benzene rings is 8. The molecule has 0 unspecified atom stereocenters. The molecule has 0 aliphatic rings. The summed E-state index contributed by atoms with van der Waals surface area (Å²) in [4.78, 5) is 0. The van der Waals surface area contributed by atoms with E-state index in [1.165, 1.54) is 257 Å². The average Bonchev–Trinajstić information content (AvgIpc) is 1.17. The summed E-state index contributed by atoms with van der Waals surface area (Å²) < 4.78 is 25.5. The molecule has 4 heteroatoms. The zero-order valence-electron chi connectivity index (χ0n) is 52.8. The highest BCUT2D eigenvalue weighted by molar-refractivity contribution is 6.32. The van der Waals surface area contributed by atoms with Gasteiger partial charge in [-0.3, -0.25) is 0 Å². The van der Waals surface area contributed by atoms with E-state index in [4.69, 9.17) is 18.9 Å². The zero-order chi connectivity index (χ0) is 58.2. The van der Waals surface area contributed by atoms with E-state index in [0.29, 0.717) is 0 Å². The SMILES string of the molecule is CCCCCCCCCCOc1ccc(-c2cc(-c3ccc(OCCCCCCCCCC)cc3)c3ccc4c(-c5ccc(OCCCCCCCCCC)cc5)cc(-c5ccc(OCCCCCCCCCC)cc5)c5ccc2c3c54)cc1. The van der Waals surface area contributed by atoms with Crippen molar-refractivity contribution in [3.63, 3.8) is 0 Å². The second kappa shape index (κ2) is 36.8. The van der Waals surface area contributed by atoms with E-state index < -0.39 is 0 Å². The van der Waals surface area contributed by atoms with Gasteiger partial charge in [0.2, 0.25) is 0 Å². The maximum absolute atomic E-state index is 6.38. The number of rotatable bonds is 44. The van der Waals surface area contributed by atoms with Crippen molar-refractivity contribution in [3.8, 4) is 67.5 Å². The highest BCUT2D eigenvalue weighted by atomic mass is 16.5. The van der Waals surface area contributed by atoms with E-state index in [0.717, 1.165) is 75.1 Å². The van der Waals surface area contributed by atoms with Gasteiger partial charge in [-0.05, 0) is 163 Å². The monoisotopic (exact) mass is 1130 g/mol. The molecule has 450 valence electrons. The molecule has 0 saturated carbocycles. The average molecular weight is 1130 g/mol. The first-order valence-electron chi connectivity index (χ1n) is 34.3. The van der Waals surface area contributed by atoms with Crippen LogP contribution in [-0.2, 0) is 0 Å². The Balaban J connectivity index is 1.12. The van der Waals surface area contributed by atoms with Crippen LogP contribution in [0, 0.1) is 0 Å². The van der Waals surface area contributed by atoms with Gasteiger partial charge in [-0.1, -0.05) is 280 Å². The lowest BCUT2D eigenvalue weighted by atomic mass is 9.82. The summed E-state index contributed by atoms with van der Waals surface area (Å²) >= 11 is 0. The number of unbranched alkanes of at least 4 members (excludes halogenated alkanes) is 28. The maximum atomic E-state index is 6.38. The van der Waals surface area contributed by atoms with Crippen molar-refractivity contribution in [2.24, 2.45) is 0 Å². The highest BCUT2D eigenvalue weighted by Gasteiger charge is 2.22. The van der Waals surface area contributed by atoms with Gasteiger partial charge < -0.3 is 18.9 Å². The Morgan fingerprint density at radius 1 is 0.202 bits per heavy atom. The van der Waals surface area contributed by atoms with E-state index in [9.17, 15) is 0 Å². The number of ether oxygens (including phenoxy) is 4. The highest BCUT2D eigenvalue weighted by Crippen LogP contribution is 2.49. The molecule has 0 aromatic heterocycles. The van der Waals surface area contributed by atoms with Gasteiger partial charge in [-0.15, -0.1) is 0 Å². The third kappa shape index (κ3) is 19.5. The fourth-order valence-corrected chi connectivity index (χ4v) is 12.6. The molecular formula is C80H106O4. The van der Waals surface area contributed by atoms with Gasteiger partial charge >= 0.3 is 0 Å². The second-order valence-electron chi connectivity index (χ2n) is 24.4. The normalized spacial score (nSPS) is 11.6. The summed E-state index contributed by atoms with van der Waals surface area (Å²) in [5.41, 5.74) is 9.63. The Morgan fingerprint density at radius 2 is 0.381 bits per heavy atom. The molecule has 4 nitrogen and oxygen atoms in total. The Bertz CT molecular complexity index is 2640. The van der Waals surface area contributed by atoms with E-state index in [2.05, 4.69) is 161 Å². The van der Waals surface area contributed by atoms with E-state index in [1.54, 1.807) is 0 Å². The predicted molar refractivity (Wildman–Crippen MR) is 364 cm³/mol. The maximum Gasteiger partial charge on any atom is 0.119 e. The largest absolute Gasteiger partial charge is 0.494 e. The van der Waals surface area contributed by atoms with Crippen LogP contribution >= 0.6 is 0 Å². The van der Waals surface area contributed by atoms with Crippen LogP contribution in [0.5, 0.6) is 23.0 Å². The minimum Gasteiger partial charge on any atom is -0.494 e. The van der Waals surface area contributed by atoms with Crippen molar-refractivity contribution >= 4 is 32.3 Å². The molecule has 0 bridgehead atoms. The van der Waals surface area contributed by atoms with Crippen LogP contribution in [-0.4, -0.2) is 26.4 Å². The first kappa shape index (κ1) is 64.0. The molecule has 0 N–H and O–H groups in total. The minimum atomic E-state index is 0.755. The van der Waals surface area contributed by atoms with Gasteiger partial charge in [0, 0.05) is 0 Å². The van der Waals surface area contributed by atoms with Crippen LogP contribution in [0.3, 0.4) is 0 Å². The Hall–Kier alpha value is -6.00. The fourth-order valence-electron chi connectivity index (χ4n) is 12.6. The quantitative estimate of drug-likeness (QED) is 0.0282. The van der Waals surface area contributed by atoms with Crippen LogP contribution in [0.25, 0.3) is 76.8 Å². The Labute approximate surface area is 509 Å². The van der Waals surface area contributed by atoms with Gasteiger partial charge in [-0.25, -0.2) is 0 Å². The Morgan fingerprint density at radius 3 is 0.571 bits per heavy atom. The van der Waals surface area contributed by atoms with Crippen LogP contribution < -0.4 is 18.9 Å². The lowest BCUT2D eigenvalue weighted by Gasteiger charge is -2.22. The van der Waals surface area contributed by atoms with Crippen molar-refractivity contribution in [2.75, 3.05) is 26.4 Å². The van der Waals surface area contributed by atoms with Crippen molar-refractivity contribution in [1.29, 1.82) is 0 Å². The third-order valence-corrected chi connectivity index (χ3v) is 17.6. The number of hydrogen-bond acceptors (Lipinski definition) is 4. The first-order valence-corrected chi connectivity index (χ1v) is 34.3. The predicted octanol–water partition coefficient (Wildman–Crippen LogP) is 25.3. The van der Waals surface area contributed by atoms with Gasteiger partial charge in [0.15, 0.2) is 0 Å². The standard InChI is InChI=1S/C80H106O4/c1-5-9-13-17-21-25-29-33-57-81-67-45-37-63(38-46-67)75-61-76(64-39-47-68(48-40-64)82-58-34-30-26-22-18-14-10-6-2)72-55-56-74-78(66-43-51-70(52-44-66)84-60-36-32-28-24-20-16-12-8-4)62-77(73-54-53-71(75)79(72)80(73)74)65-41-49-69(50-42-65)83-59-35-31-27-23-19-15-11-7-3/h37-56,61-62H,5-36,57-60H2,1-4H3. The molecule has 0 aliphatic carbocycles. The lowest BCUT2D eigenvalue weighted by molar-refractivity contribution is 0.304. The zero-order valence-corrected chi connectivity index (χ0v) is 52.8. The molecular weight excluding hydrogens is 1020 g/mol. The summed E-state index contributed by atoms with van der Waals surface area (Å²) in [6, 6.07) is 50.1. The second-order valence-corrected chi connectivity index (χ2v) is 24.4. The van der Waals surface area contributed by atoms with Crippen molar-refractivity contribution < 1.29 is 18.9 Å². The van der Waals surface area contributed by atoms with E-state index in [1.807, 2.05) is 0 Å². The summed E-state index contributed by atoms with van der Waals surface area (Å²) in [5, 5.41) is 7.59. The molecule has 8 rings (SSSR count). The third-order valence-electron chi connectivity index (χ3n) is 17.6. The molecule has 0 spiro atoms. The lowest BCUT2D eigenvalue weighted by Crippen LogP contribution is -1.98. The van der Waals surface area contributed by atoms with Gasteiger partial charge in [0.1, 0.15) is 23.0 Å². The van der Waals surface area contributed by atoms with Crippen molar-refractivity contribution in [2.45, 2.75) is 233 Å². The molecule has 8 aromatic rings. The summed E-state index contributed by atoms with van der Waals surface area (Å²) in [7, 11) is 0. The molecule has 8 aromatic carbocycles. The molecule has 0 radical (unpaired) electrons. The minimum absolute atomic E-state index is 0.755. The molecule has 0 amide bonds. The number of hydrogen-bond donors (Lipinski definition) is 0. The van der Waals surface area contributed by atoms with Crippen LogP contribution in [0.15, 0.2) is 133 Å². The summed E-state index contributed by atoms with van der Waals surface area (Å²) in [6.45, 7) is 12.2. The molecule has 0 heterocycles. The first-order chi connectivity index (χ1) is 41.6. The van der Waals surface area contributed by atoms with Crippen LogP contribution in [0.4, 0.5) is 0 Å². The molecule has 0 atom stereocenters. The molecule has 0 saturated heterocycles. The van der Waals surface area contributed by atoms with Gasteiger partial charge in [-0.2, -0.15) is 0 Å². The van der Waals surface area contributed by atoms with Gasteiger partial charge in [0.05, 0.1) is 26.4 Å². The molecule has 0 fully saturated rings. The van der Waals surface area contributed by atoms with Crippen molar-refractivity contribution in [1.82, 2.24) is 0 Å². The molecule has 0 aliphatic heterocycles. The van der Waals surface area contributed by atoms with Crippen LogP contribution in [0.1, 0.15) is 233 Å². The van der Waals surface area contributed by atoms with Crippen molar-refractivity contribution in [3.05, 3.63) is 133 Å². The summed E-state index contributed by atoms with van der Waals surface area (Å²) in [6.07, 6.45) is 41.3. The molecule has 84 heavy (non-hydrogen) atoms. The smallest absolute Gasteiger partial charge is 0.119 e. The van der Waals surface area contributed by atoms with Gasteiger partial charge in [0.25, 0.3) is 0 Å². The topological polar surface area (TPSA) is 36.9 Å². The Kier molecular flexibility index (Phi) is 28.0.